The molecule has 1 aliphatic rings. The molecule has 0 radical (unpaired) electrons. The van der Waals surface area contributed by atoms with Crippen molar-refractivity contribution in [3.63, 3.8) is 0 Å². The Labute approximate surface area is 89.1 Å². The molecule has 1 saturated heterocycles. The molecule has 0 spiro atoms. The summed E-state index contributed by atoms with van der Waals surface area (Å²) in [6.45, 7) is 8.96. The fourth-order valence-electron chi connectivity index (χ4n) is 1.93. The summed E-state index contributed by atoms with van der Waals surface area (Å²) in [5.41, 5.74) is 6.90. The minimum atomic E-state index is 0.692. The predicted molar refractivity (Wildman–Crippen MR) is 61.8 cm³/mol. The summed E-state index contributed by atoms with van der Waals surface area (Å²) in [6, 6.07) is 0. The Morgan fingerprint density at radius 2 is 1.93 bits per heavy atom. The Balaban J connectivity index is 2.21. The van der Waals surface area contributed by atoms with Crippen molar-refractivity contribution in [2.75, 3.05) is 23.7 Å². The van der Waals surface area contributed by atoms with Crippen LogP contribution in [-0.4, -0.2) is 17.5 Å². The van der Waals surface area contributed by atoms with Gasteiger partial charge in [0.15, 0.2) is 0 Å². The van der Waals surface area contributed by atoms with Crippen LogP contribution in [0.3, 0.4) is 0 Å². The van der Waals surface area contributed by atoms with Gasteiger partial charge in [-0.15, -0.1) is 0 Å². The van der Waals surface area contributed by atoms with Gasteiger partial charge in [-0.1, -0.05) is 13.8 Å². The molecule has 2 unspecified atom stereocenters. The standard InChI is InChI=1S/C10H17N3S/c1-6-4-13(5-7(6)2)10-8(3)9(11)12-14-10/h6-7H,4-5H2,1-3H3,(H2,11,12). The summed E-state index contributed by atoms with van der Waals surface area (Å²) < 4.78 is 4.19. The first-order valence-electron chi connectivity index (χ1n) is 5.06. The molecule has 0 aromatic carbocycles. The van der Waals surface area contributed by atoms with E-state index in [0.717, 1.165) is 30.5 Å². The van der Waals surface area contributed by atoms with Crippen LogP contribution in [0.15, 0.2) is 0 Å². The van der Waals surface area contributed by atoms with E-state index >= 15 is 0 Å². The monoisotopic (exact) mass is 211 g/mol. The lowest BCUT2D eigenvalue weighted by molar-refractivity contribution is 0.494. The Morgan fingerprint density at radius 1 is 1.36 bits per heavy atom. The van der Waals surface area contributed by atoms with Gasteiger partial charge in [-0.05, 0) is 30.3 Å². The summed E-state index contributed by atoms with van der Waals surface area (Å²) >= 11 is 1.53. The van der Waals surface area contributed by atoms with Gasteiger partial charge in [-0.2, -0.15) is 4.37 Å². The molecule has 14 heavy (non-hydrogen) atoms. The molecule has 1 aromatic rings. The molecule has 2 rings (SSSR count). The first-order valence-corrected chi connectivity index (χ1v) is 5.83. The molecule has 3 nitrogen and oxygen atoms in total. The Kier molecular flexibility index (Phi) is 2.39. The highest BCUT2D eigenvalue weighted by atomic mass is 32.1. The zero-order valence-corrected chi connectivity index (χ0v) is 9.77. The van der Waals surface area contributed by atoms with Gasteiger partial charge in [0, 0.05) is 18.7 Å². The molecule has 2 N–H and O–H groups in total. The average Bonchev–Trinajstić information content (AvgIpc) is 2.61. The lowest BCUT2D eigenvalue weighted by atomic mass is 10.0. The van der Waals surface area contributed by atoms with Crippen molar-refractivity contribution in [1.29, 1.82) is 0 Å². The normalized spacial score (nSPS) is 27.2. The van der Waals surface area contributed by atoms with Gasteiger partial charge in [0.2, 0.25) is 0 Å². The fourth-order valence-corrected chi connectivity index (χ4v) is 2.76. The molecule has 0 aliphatic carbocycles. The van der Waals surface area contributed by atoms with Crippen molar-refractivity contribution in [2.24, 2.45) is 11.8 Å². The lowest BCUT2D eigenvalue weighted by Crippen LogP contribution is -2.19. The first kappa shape index (κ1) is 9.77. The van der Waals surface area contributed by atoms with Crippen molar-refractivity contribution in [1.82, 2.24) is 4.37 Å². The van der Waals surface area contributed by atoms with Crippen LogP contribution in [0.25, 0.3) is 0 Å². The van der Waals surface area contributed by atoms with E-state index in [-0.39, 0.29) is 0 Å². The number of aromatic nitrogens is 1. The summed E-state index contributed by atoms with van der Waals surface area (Å²) in [4.78, 5) is 2.42. The number of nitrogen functional groups attached to an aromatic ring is 1. The van der Waals surface area contributed by atoms with Gasteiger partial charge >= 0.3 is 0 Å². The maximum atomic E-state index is 5.75. The molecule has 0 bridgehead atoms. The Morgan fingerprint density at radius 3 is 2.36 bits per heavy atom. The molecule has 78 valence electrons. The van der Waals surface area contributed by atoms with Crippen molar-refractivity contribution in [3.8, 4) is 0 Å². The highest BCUT2D eigenvalue weighted by molar-refractivity contribution is 7.10. The minimum absolute atomic E-state index is 0.692. The van der Waals surface area contributed by atoms with E-state index in [1.165, 1.54) is 16.5 Å². The predicted octanol–water partition coefficient (Wildman–Crippen LogP) is 2.13. The minimum Gasteiger partial charge on any atom is -0.383 e. The molecule has 1 fully saturated rings. The molecular weight excluding hydrogens is 194 g/mol. The van der Waals surface area contributed by atoms with E-state index in [2.05, 4.69) is 30.0 Å². The van der Waals surface area contributed by atoms with Crippen LogP contribution < -0.4 is 10.6 Å². The van der Waals surface area contributed by atoms with Crippen LogP contribution in [0.5, 0.6) is 0 Å². The van der Waals surface area contributed by atoms with Crippen LogP contribution in [0.2, 0.25) is 0 Å². The summed E-state index contributed by atoms with van der Waals surface area (Å²) in [5, 5.41) is 1.26. The van der Waals surface area contributed by atoms with Crippen molar-refractivity contribution in [2.45, 2.75) is 20.8 Å². The number of hydrogen-bond donors (Lipinski definition) is 1. The second kappa shape index (κ2) is 3.42. The van der Waals surface area contributed by atoms with E-state index in [4.69, 9.17) is 5.73 Å². The maximum absolute atomic E-state index is 5.75. The summed E-state index contributed by atoms with van der Waals surface area (Å²) in [6.07, 6.45) is 0. The zero-order chi connectivity index (χ0) is 10.3. The van der Waals surface area contributed by atoms with Crippen LogP contribution in [0, 0.1) is 18.8 Å². The van der Waals surface area contributed by atoms with Gasteiger partial charge in [-0.3, -0.25) is 0 Å². The van der Waals surface area contributed by atoms with Crippen molar-refractivity contribution in [3.05, 3.63) is 5.56 Å². The van der Waals surface area contributed by atoms with E-state index in [0.29, 0.717) is 5.82 Å². The first-order chi connectivity index (χ1) is 6.59. The van der Waals surface area contributed by atoms with Crippen LogP contribution in [0.4, 0.5) is 10.8 Å². The quantitative estimate of drug-likeness (QED) is 0.773. The van der Waals surface area contributed by atoms with Gasteiger partial charge < -0.3 is 10.6 Å². The van der Waals surface area contributed by atoms with E-state index in [1.54, 1.807) is 0 Å². The molecule has 0 amide bonds. The molecule has 0 saturated carbocycles. The number of anilines is 2. The molecule has 1 aromatic heterocycles. The van der Waals surface area contributed by atoms with E-state index in [1.807, 2.05) is 0 Å². The Hall–Kier alpha value is -0.770. The summed E-state index contributed by atoms with van der Waals surface area (Å²) in [7, 11) is 0. The lowest BCUT2D eigenvalue weighted by Gasteiger charge is -2.16. The highest BCUT2D eigenvalue weighted by Crippen LogP contribution is 2.34. The summed E-state index contributed by atoms with van der Waals surface area (Å²) in [5.74, 6) is 2.24. The zero-order valence-electron chi connectivity index (χ0n) is 8.95. The third-order valence-corrected chi connectivity index (χ3v) is 4.24. The largest absolute Gasteiger partial charge is 0.383 e. The van der Waals surface area contributed by atoms with Gasteiger partial charge in [0.1, 0.15) is 10.8 Å². The van der Waals surface area contributed by atoms with Crippen LogP contribution >= 0.6 is 11.5 Å². The highest BCUT2D eigenvalue weighted by Gasteiger charge is 2.28. The van der Waals surface area contributed by atoms with Gasteiger partial charge in [-0.25, -0.2) is 0 Å². The third kappa shape index (κ3) is 1.47. The molecular formula is C10H17N3S. The third-order valence-electron chi connectivity index (χ3n) is 3.21. The Bertz CT molecular complexity index is 324. The van der Waals surface area contributed by atoms with Crippen molar-refractivity contribution >= 4 is 22.4 Å². The van der Waals surface area contributed by atoms with Gasteiger partial charge in [0.05, 0.1) is 0 Å². The van der Waals surface area contributed by atoms with Crippen molar-refractivity contribution < 1.29 is 0 Å². The number of rotatable bonds is 1. The maximum Gasteiger partial charge on any atom is 0.142 e. The molecule has 2 heterocycles. The molecule has 2 atom stereocenters. The number of hydrogen-bond acceptors (Lipinski definition) is 4. The van der Waals surface area contributed by atoms with E-state index in [9.17, 15) is 0 Å². The van der Waals surface area contributed by atoms with Gasteiger partial charge in [0.25, 0.3) is 0 Å². The van der Waals surface area contributed by atoms with Crippen LogP contribution in [-0.2, 0) is 0 Å². The van der Waals surface area contributed by atoms with Crippen LogP contribution in [0.1, 0.15) is 19.4 Å². The smallest absolute Gasteiger partial charge is 0.142 e. The second-order valence-corrected chi connectivity index (χ2v) is 5.11. The SMILES string of the molecule is Cc1c(N)nsc1N1CC(C)C(C)C1. The number of nitrogens with two attached hydrogens (primary N) is 1. The molecule has 1 aliphatic heterocycles. The molecule has 4 heteroatoms. The van der Waals surface area contributed by atoms with E-state index < -0.39 is 0 Å². The number of nitrogens with zero attached hydrogens (tertiary/aromatic N) is 2. The fraction of sp³-hybridized carbons (Fsp3) is 0.700. The topological polar surface area (TPSA) is 42.1 Å². The second-order valence-electron chi connectivity index (χ2n) is 4.36. The average molecular weight is 211 g/mol.